The van der Waals surface area contributed by atoms with Gasteiger partial charge in [0.25, 0.3) is 5.91 Å². The third kappa shape index (κ3) is 10.3. The Bertz CT molecular complexity index is 2140. The van der Waals surface area contributed by atoms with E-state index in [1.54, 1.807) is 63.8 Å². The van der Waals surface area contributed by atoms with Gasteiger partial charge in [0, 0.05) is 28.4 Å². The molecule has 1 unspecified atom stereocenters. The van der Waals surface area contributed by atoms with Crippen molar-refractivity contribution in [3.63, 3.8) is 0 Å². The number of nitrogens with zero attached hydrogens (tertiary/aromatic N) is 1. The molecule has 1 amide bonds. The van der Waals surface area contributed by atoms with Crippen molar-refractivity contribution < 1.29 is 53.4 Å². The smallest absolute Gasteiger partial charge is 0.255 e. The van der Waals surface area contributed by atoms with Gasteiger partial charge < -0.3 is 59.3 Å². The van der Waals surface area contributed by atoms with Crippen molar-refractivity contribution in [2.24, 2.45) is 0 Å². The van der Waals surface area contributed by atoms with Crippen molar-refractivity contribution in [1.29, 1.82) is 0 Å². The molecular weight excluding hydrogens is 759 g/mol. The van der Waals surface area contributed by atoms with Crippen molar-refractivity contribution in [2.75, 3.05) is 39.9 Å². The molecular formula is C45H53N3O11. The van der Waals surface area contributed by atoms with Crippen LogP contribution in [0, 0.1) is 0 Å². The number of benzene rings is 4. The van der Waals surface area contributed by atoms with E-state index in [2.05, 4.69) is 15.8 Å². The highest BCUT2D eigenvalue weighted by atomic mass is 16.5. The Morgan fingerprint density at radius 2 is 1.27 bits per heavy atom. The van der Waals surface area contributed by atoms with E-state index in [4.69, 9.17) is 28.2 Å². The van der Waals surface area contributed by atoms with Gasteiger partial charge >= 0.3 is 0 Å². The lowest BCUT2D eigenvalue weighted by atomic mass is 9.97. The maximum absolute atomic E-state index is 12.8. The summed E-state index contributed by atoms with van der Waals surface area (Å²) in [6, 6.07) is 19.7. The van der Waals surface area contributed by atoms with Crippen molar-refractivity contribution in [1.82, 2.24) is 10.5 Å². The summed E-state index contributed by atoms with van der Waals surface area (Å²) in [4.78, 5) is 12.8. The molecule has 4 aromatic carbocycles. The Balaban J connectivity index is 0.914. The summed E-state index contributed by atoms with van der Waals surface area (Å²) in [6.07, 6.45) is 6.62. The van der Waals surface area contributed by atoms with Crippen LogP contribution in [0.3, 0.4) is 0 Å². The van der Waals surface area contributed by atoms with E-state index in [-0.39, 0.29) is 32.3 Å². The molecule has 14 heteroatoms. The number of fused-ring (bicyclic) bond motifs is 1. The van der Waals surface area contributed by atoms with Crippen LogP contribution in [0.5, 0.6) is 28.7 Å². The molecule has 0 spiro atoms. The molecule has 5 aromatic rings. The molecule has 0 fully saturated rings. The van der Waals surface area contributed by atoms with E-state index < -0.39 is 6.17 Å². The Morgan fingerprint density at radius 3 is 1.88 bits per heavy atom. The van der Waals surface area contributed by atoms with Crippen LogP contribution < -0.4 is 34.3 Å². The number of hydrogen-bond donors (Lipinski definition) is 6. The third-order valence-electron chi connectivity index (χ3n) is 10.4. The Labute approximate surface area is 343 Å². The molecule has 59 heavy (non-hydrogen) atoms. The van der Waals surface area contributed by atoms with Crippen LogP contribution in [0.1, 0.15) is 89.3 Å². The van der Waals surface area contributed by atoms with Crippen LogP contribution in [0.2, 0.25) is 0 Å². The quantitative estimate of drug-likeness (QED) is 0.0390. The van der Waals surface area contributed by atoms with E-state index in [0.29, 0.717) is 98.0 Å². The molecule has 0 bridgehead atoms. The number of ether oxygens (including phenoxy) is 5. The highest BCUT2D eigenvalue weighted by Crippen LogP contribution is 2.42. The highest BCUT2D eigenvalue weighted by Gasteiger charge is 2.26. The molecule has 0 saturated carbocycles. The average Bonchev–Trinajstić information content (AvgIpc) is 3.78. The minimum absolute atomic E-state index is 0.180. The van der Waals surface area contributed by atoms with Crippen LogP contribution in [-0.2, 0) is 26.4 Å². The number of unbranched alkanes of at least 4 members (excludes halogenated alkanes) is 6. The molecule has 2 heterocycles. The van der Waals surface area contributed by atoms with Crippen molar-refractivity contribution in [2.45, 2.75) is 77.5 Å². The first-order valence-electron chi connectivity index (χ1n) is 19.8. The molecule has 6 rings (SSSR count). The first-order chi connectivity index (χ1) is 28.8. The van der Waals surface area contributed by atoms with Gasteiger partial charge in [0.05, 0.1) is 66.5 Å². The van der Waals surface area contributed by atoms with Gasteiger partial charge in [0.1, 0.15) is 23.4 Å². The van der Waals surface area contributed by atoms with Crippen molar-refractivity contribution in [3.05, 3.63) is 100 Å². The predicted octanol–water partition coefficient (Wildman–Crippen LogP) is 7.05. The van der Waals surface area contributed by atoms with E-state index in [1.165, 1.54) is 0 Å². The minimum Gasteiger partial charge on any atom is -0.497 e. The normalized spacial score (nSPS) is 13.3. The zero-order chi connectivity index (χ0) is 41.7. The molecule has 1 aromatic heterocycles. The molecule has 1 atom stereocenters. The Hall–Kier alpha value is -5.80. The number of amides is 1. The van der Waals surface area contributed by atoms with Crippen LogP contribution in [0.4, 0.5) is 5.69 Å². The third-order valence-corrected chi connectivity index (χ3v) is 10.4. The minimum atomic E-state index is -0.441. The largest absolute Gasteiger partial charge is 0.497 e. The second-order valence-electron chi connectivity index (χ2n) is 14.2. The molecule has 0 saturated heterocycles. The van der Waals surface area contributed by atoms with Crippen molar-refractivity contribution >= 4 is 11.6 Å². The predicted molar refractivity (Wildman–Crippen MR) is 221 cm³/mol. The maximum Gasteiger partial charge on any atom is 0.255 e. The lowest BCUT2D eigenvalue weighted by Crippen LogP contribution is -2.38. The number of hydrogen-bond acceptors (Lipinski definition) is 13. The molecule has 14 nitrogen and oxygen atoms in total. The van der Waals surface area contributed by atoms with Gasteiger partial charge in [-0.3, -0.25) is 4.79 Å². The number of aromatic nitrogens is 1. The summed E-state index contributed by atoms with van der Waals surface area (Å²) in [7, 11) is 4.69. The first kappa shape index (κ1) is 42.8. The zero-order valence-corrected chi connectivity index (χ0v) is 33.7. The van der Waals surface area contributed by atoms with Gasteiger partial charge in [-0.25, -0.2) is 0 Å². The van der Waals surface area contributed by atoms with E-state index >= 15 is 0 Å². The van der Waals surface area contributed by atoms with Gasteiger partial charge in [0.2, 0.25) is 5.75 Å². The SMILES string of the molecule is COc1ccc2c(c1)C(=O)NC(c1ccc(OCCCCCCCCCOc3c(OC)cc(-c4cc(-c5cc(CO)c(CO)c(CO)c5)no4)cc3OC)c(CO)c1)N2. The summed E-state index contributed by atoms with van der Waals surface area (Å²) in [5.41, 5.74) is 6.01. The number of rotatable bonds is 22. The number of nitrogens with one attached hydrogen (secondary N) is 2. The van der Waals surface area contributed by atoms with Gasteiger partial charge in [-0.05, 0) is 89.7 Å². The van der Waals surface area contributed by atoms with Gasteiger partial charge in [-0.15, -0.1) is 0 Å². The van der Waals surface area contributed by atoms with Crippen LogP contribution in [-0.4, -0.2) is 66.0 Å². The summed E-state index contributed by atoms with van der Waals surface area (Å²) >= 11 is 0. The van der Waals surface area contributed by atoms with Crippen molar-refractivity contribution in [3.8, 4) is 51.3 Å². The summed E-state index contributed by atoms with van der Waals surface area (Å²) in [6.45, 7) is -0.0261. The Kier molecular flexibility index (Phi) is 15.1. The van der Waals surface area contributed by atoms with E-state index in [1.807, 2.05) is 24.3 Å². The number of carbonyl (C=O) groups excluding carboxylic acids is 1. The molecule has 0 radical (unpaired) electrons. The highest BCUT2D eigenvalue weighted by molar-refractivity contribution is 6.02. The summed E-state index contributed by atoms with van der Waals surface area (Å²) in [5.74, 6) is 2.98. The number of carbonyl (C=O) groups is 1. The number of anilines is 1. The topological polar surface area (TPSA) is 194 Å². The van der Waals surface area contributed by atoms with Crippen LogP contribution >= 0.6 is 0 Å². The van der Waals surface area contributed by atoms with Gasteiger partial charge in [0.15, 0.2) is 17.3 Å². The van der Waals surface area contributed by atoms with Gasteiger partial charge in [-0.1, -0.05) is 43.3 Å². The lowest BCUT2D eigenvalue weighted by molar-refractivity contribution is 0.0935. The number of aliphatic hydroxyl groups is 4. The molecule has 314 valence electrons. The summed E-state index contributed by atoms with van der Waals surface area (Å²) in [5, 5.41) is 50.0. The van der Waals surface area contributed by atoms with E-state index in [9.17, 15) is 25.2 Å². The van der Waals surface area contributed by atoms with Gasteiger partial charge in [-0.2, -0.15) is 0 Å². The number of aliphatic hydroxyl groups excluding tert-OH is 4. The first-order valence-corrected chi connectivity index (χ1v) is 19.8. The second kappa shape index (κ2) is 20.8. The average molecular weight is 812 g/mol. The van der Waals surface area contributed by atoms with E-state index in [0.717, 1.165) is 50.5 Å². The molecule has 1 aliphatic rings. The second-order valence-corrected chi connectivity index (χ2v) is 14.2. The van der Waals surface area contributed by atoms with Crippen LogP contribution in [0.25, 0.3) is 22.6 Å². The van der Waals surface area contributed by atoms with Crippen LogP contribution in [0.15, 0.2) is 71.3 Å². The molecule has 0 aliphatic carbocycles. The Morgan fingerprint density at radius 1 is 0.627 bits per heavy atom. The fourth-order valence-electron chi connectivity index (χ4n) is 7.16. The maximum atomic E-state index is 12.8. The monoisotopic (exact) mass is 811 g/mol. The fraction of sp³-hybridized carbons (Fsp3) is 0.378. The fourth-order valence-corrected chi connectivity index (χ4v) is 7.16. The number of methoxy groups -OCH3 is 3. The standard InChI is InChI=1S/C45H53N3O11/c1-54-34-12-13-37-35(22-34)45(53)47-44(46-37)28-11-14-39(33(17-28)26-51)57-15-9-7-5-4-6-8-10-16-58-43-41(55-2)20-30(21-42(43)56-3)40-23-38(48-59-40)29-18-31(24-49)36(27-52)32(19-29)25-50/h11-14,17-23,44,46,49-52H,4-10,15-16,24-27H2,1-3H3,(H,47,53). The zero-order valence-electron chi connectivity index (χ0n) is 33.7. The molecule has 1 aliphatic heterocycles. The lowest BCUT2D eigenvalue weighted by Gasteiger charge is -2.29. The molecule has 6 N–H and O–H groups in total. The summed E-state index contributed by atoms with van der Waals surface area (Å²) < 4.78 is 34.5.